The molecule has 0 radical (unpaired) electrons. The predicted octanol–water partition coefficient (Wildman–Crippen LogP) is 3.78. The van der Waals surface area contributed by atoms with E-state index < -0.39 is 0 Å². The Morgan fingerprint density at radius 2 is 2.14 bits per heavy atom. The summed E-state index contributed by atoms with van der Waals surface area (Å²) < 4.78 is 15.2. The molecule has 1 heterocycles. The Hall–Kier alpha value is 0.0700. The number of hydrogen-bond donors (Lipinski definition) is 1. The van der Waals surface area contributed by atoms with Gasteiger partial charge in [0.15, 0.2) is 0 Å². The first-order valence-corrected chi connectivity index (χ1v) is 6.15. The highest BCUT2D eigenvalue weighted by Gasteiger charge is 2.21. The average molecular weight is 323 g/mol. The van der Waals surface area contributed by atoms with E-state index in [0.29, 0.717) is 4.47 Å². The van der Waals surface area contributed by atoms with Gasteiger partial charge in [0.25, 0.3) is 0 Å². The standard InChI is InChI=1S/C10H10Br2FN/c11-6-4-7(9-2-1-3-14-9)10(13)8(12)5-6/h4-5,9,14H,1-3H2/t9-/m0/s1. The minimum atomic E-state index is -0.146. The molecule has 0 spiro atoms. The van der Waals surface area contributed by atoms with Crippen molar-refractivity contribution < 1.29 is 4.39 Å². The maximum absolute atomic E-state index is 13.7. The van der Waals surface area contributed by atoms with Gasteiger partial charge in [-0.2, -0.15) is 0 Å². The molecule has 0 aromatic heterocycles. The summed E-state index contributed by atoms with van der Waals surface area (Å²) in [7, 11) is 0. The van der Waals surface area contributed by atoms with E-state index in [1.165, 1.54) is 0 Å². The Kier molecular flexibility index (Phi) is 3.24. The van der Waals surface area contributed by atoms with Crippen LogP contribution >= 0.6 is 31.9 Å². The summed E-state index contributed by atoms with van der Waals surface area (Å²) in [6.07, 6.45) is 2.13. The van der Waals surface area contributed by atoms with E-state index in [4.69, 9.17) is 0 Å². The lowest BCUT2D eigenvalue weighted by Gasteiger charge is -2.13. The van der Waals surface area contributed by atoms with Crippen LogP contribution in [0.2, 0.25) is 0 Å². The number of benzene rings is 1. The van der Waals surface area contributed by atoms with Gasteiger partial charge in [0.1, 0.15) is 5.82 Å². The van der Waals surface area contributed by atoms with Crippen LogP contribution in [0, 0.1) is 5.82 Å². The second-order valence-electron chi connectivity index (χ2n) is 3.44. The van der Waals surface area contributed by atoms with Crippen LogP contribution in [0.25, 0.3) is 0 Å². The van der Waals surface area contributed by atoms with Gasteiger partial charge in [-0.15, -0.1) is 0 Å². The molecule has 1 N–H and O–H groups in total. The summed E-state index contributed by atoms with van der Waals surface area (Å²) >= 11 is 6.58. The molecule has 0 aliphatic carbocycles. The van der Waals surface area contributed by atoms with Crippen molar-refractivity contribution in [3.63, 3.8) is 0 Å². The van der Waals surface area contributed by atoms with Gasteiger partial charge < -0.3 is 5.32 Å². The van der Waals surface area contributed by atoms with Crippen LogP contribution < -0.4 is 5.32 Å². The Bertz CT molecular complexity index is 348. The number of hydrogen-bond acceptors (Lipinski definition) is 1. The first kappa shape index (κ1) is 10.6. The molecule has 2 rings (SSSR count). The molecule has 1 aliphatic heterocycles. The van der Waals surface area contributed by atoms with E-state index in [-0.39, 0.29) is 11.9 Å². The van der Waals surface area contributed by atoms with Crippen molar-refractivity contribution in [3.8, 4) is 0 Å². The molecule has 1 atom stereocenters. The third-order valence-electron chi connectivity index (χ3n) is 2.46. The summed E-state index contributed by atoms with van der Waals surface area (Å²) in [6, 6.07) is 3.75. The molecule has 14 heavy (non-hydrogen) atoms. The SMILES string of the molecule is Fc1c(Br)cc(Br)cc1[C@@H]1CCCN1. The molecule has 0 saturated carbocycles. The van der Waals surface area contributed by atoms with Crippen LogP contribution in [0.1, 0.15) is 24.4 Å². The minimum absolute atomic E-state index is 0.146. The molecule has 1 saturated heterocycles. The number of rotatable bonds is 1. The topological polar surface area (TPSA) is 12.0 Å². The lowest BCUT2D eigenvalue weighted by Crippen LogP contribution is -2.14. The average Bonchev–Trinajstić information content (AvgIpc) is 2.63. The van der Waals surface area contributed by atoms with Crippen molar-refractivity contribution in [3.05, 3.63) is 32.5 Å². The zero-order valence-corrected chi connectivity index (χ0v) is 10.7. The fraction of sp³-hybridized carbons (Fsp3) is 0.400. The van der Waals surface area contributed by atoms with Crippen LogP contribution in [-0.2, 0) is 0 Å². The zero-order valence-electron chi connectivity index (χ0n) is 7.49. The third-order valence-corrected chi connectivity index (χ3v) is 3.49. The lowest BCUT2D eigenvalue weighted by atomic mass is 10.1. The van der Waals surface area contributed by atoms with Crippen molar-refractivity contribution in [1.29, 1.82) is 0 Å². The van der Waals surface area contributed by atoms with Crippen molar-refractivity contribution in [2.24, 2.45) is 0 Å². The van der Waals surface area contributed by atoms with E-state index in [2.05, 4.69) is 37.2 Å². The highest BCUT2D eigenvalue weighted by molar-refractivity contribution is 9.11. The van der Waals surface area contributed by atoms with Crippen molar-refractivity contribution >= 4 is 31.9 Å². The van der Waals surface area contributed by atoms with E-state index in [1.807, 2.05) is 6.07 Å². The number of nitrogens with one attached hydrogen (secondary N) is 1. The monoisotopic (exact) mass is 321 g/mol. The lowest BCUT2D eigenvalue weighted by molar-refractivity contribution is 0.554. The summed E-state index contributed by atoms with van der Waals surface area (Å²) in [5.74, 6) is -0.146. The van der Waals surface area contributed by atoms with Gasteiger partial charge in [0.05, 0.1) is 4.47 Å². The molecule has 1 aliphatic rings. The zero-order chi connectivity index (χ0) is 10.1. The third kappa shape index (κ3) is 2.02. The molecule has 4 heteroatoms. The van der Waals surface area contributed by atoms with Crippen molar-refractivity contribution in [1.82, 2.24) is 5.32 Å². The summed E-state index contributed by atoms with van der Waals surface area (Å²) in [6.45, 7) is 0.980. The molecular formula is C10H10Br2FN. The fourth-order valence-electron chi connectivity index (χ4n) is 1.78. The van der Waals surface area contributed by atoms with Crippen molar-refractivity contribution in [2.75, 3.05) is 6.54 Å². The fourth-order valence-corrected chi connectivity index (χ4v) is 3.04. The largest absolute Gasteiger partial charge is 0.310 e. The Morgan fingerprint density at radius 3 is 2.79 bits per heavy atom. The van der Waals surface area contributed by atoms with Crippen LogP contribution in [0.3, 0.4) is 0 Å². The van der Waals surface area contributed by atoms with Gasteiger partial charge in [0, 0.05) is 16.1 Å². The number of halogens is 3. The first-order valence-electron chi connectivity index (χ1n) is 4.56. The Morgan fingerprint density at radius 1 is 1.36 bits per heavy atom. The molecule has 76 valence electrons. The molecule has 1 aromatic rings. The van der Waals surface area contributed by atoms with Gasteiger partial charge in [-0.1, -0.05) is 15.9 Å². The molecular weight excluding hydrogens is 313 g/mol. The van der Waals surface area contributed by atoms with Crippen LogP contribution in [0.15, 0.2) is 21.1 Å². The van der Waals surface area contributed by atoms with Crippen LogP contribution in [0.5, 0.6) is 0 Å². The van der Waals surface area contributed by atoms with E-state index in [1.54, 1.807) is 6.07 Å². The maximum Gasteiger partial charge on any atom is 0.142 e. The summed E-state index contributed by atoms with van der Waals surface area (Å²) in [5.41, 5.74) is 0.753. The molecule has 1 aromatic carbocycles. The summed E-state index contributed by atoms with van der Waals surface area (Å²) in [5, 5.41) is 3.29. The maximum atomic E-state index is 13.7. The van der Waals surface area contributed by atoms with Gasteiger partial charge >= 0.3 is 0 Å². The second kappa shape index (κ2) is 4.29. The predicted molar refractivity (Wildman–Crippen MR) is 61.8 cm³/mol. The highest BCUT2D eigenvalue weighted by atomic mass is 79.9. The molecule has 1 fully saturated rings. The normalized spacial score (nSPS) is 21.5. The second-order valence-corrected chi connectivity index (χ2v) is 5.21. The minimum Gasteiger partial charge on any atom is -0.310 e. The van der Waals surface area contributed by atoms with Gasteiger partial charge in [-0.25, -0.2) is 4.39 Å². The Balaban J connectivity index is 2.40. The molecule has 0 amide bonds. The smallest absolute Gasteiger partial charge is 0.142 e. The Labute approximate surface area is 99.3 Å². The van der Waals surface area contributed by atoms with Gasteiger partial charge in [0.2, 0.25) is 0 Å². The quantitative estimate of drug-likeness (QED) is 0.776. The molecule has 0 unspecified atom stereocenters. The highest BCUT2D eigenvalue weighted by Crippen LogP contribution is 2.32. The van der Waals surface area contributed by atoms with Gasteiger partial charge in [-0.05, 0) is 47.4 Å². The van der Waals surface area contributed by atoms with Gasteiger partial charge in [-0.3, -0.25) is 0 Å². The molecule has 1 nitrogen and oxygen atoms in total. The van der Waals surface area contributed by atoms with Crippen LogP contribution in [0.4, 0.5) is 4.39 Å². The first-order chi connectivity index (χ1) is 6.68. The van der Waals surface area contributed by atoms with E-state index in [9.17, 15) is 4.39 Å². The van der Waals surface area contributed by atoms with Crippen LogP contribution in [-0.4, -0.2) is 6.54 Å². The van der Waals surface area contributed by atoms with Crippen molar-refractivity contribution in [2.45, 2.75) is 18.9 Å². The van der Waals surface area contributed by atoms with E-state index in [0.717, 1.165) is 29.4 Å². The molecule has 0 bridgehead atoms. The van der Waals surface area contributed by atoms with E-state index >= 15 is 0 Å². The summed E-state index contributed by atoms with van der Waals surface area (Å²) in [4.78, 5) is 0.